The molecule has 4 nitrogen and oxygen atoms in total. The monoisotopic (exact) mass is 290 g/mol. The van der Waals surface area contributed by atoms with Gasteiger partial charge in [-0.2, -0.15) is 0 Å². The first-order chi connectivity index (χ1) is 10.1. The molecule has 3 atom stereocenters. The smallest absolute Gasteiger partial charge is 0.305 e. The van der Waals surface area contributed by atoms with Crippen molar-refractivity contribution in [2.24, 2.45) is 11.8 Å². The van der Waals surface area contributed by atoms with Crippen LogP contribution in [-0.4, -0.2) is 25.0 Å². The van der Waals surface area contributed by atoms with Gasteiger partial charge in [0.25, 0.3) is 0 Å². The summed E-state index contributed by atoms with van der Waals surface area (Å²) in [6.45, 7) is 2.51. The summed E-state index contributed by atoms with van der Waals surface area (Å²) in [4.78, 5) is 23.3. The van der Waals surface area contributed by atoms with Gasteiger partial charge in [0, 0.05) is 18.8 Å². The minimum atomic E-state index is -0.282. The number of benzene rings is 1. The molecular weight excluding hydrogens is 268 g/mol. The van der Waals surface area contributed by atoms with Gasteiger partial charge in [-0.3, -0.25) is 9.59 Å². The van der Waals surface area contributed by atoms with E-state index in [0.717, 1.165) is 5.56 Å². The Kier molecular flexibility index (Phi) is 5.51. The molecule has 0 spiro atoms. The Morgan fingerprint density at radius 1 is 1.24 bits per heavy atom. The molecule has 21 heavy (non-hydrogen) atoms. The number of esters is 1. The fraction of sp³-hybridized carbons (Fsp3) is 0.529. The quantitative estimate of drug-likeness (QED) is 0.782. The molecule has 1 aromatic carbocycles. The Balaban J connectivity index is 2.01. The molecule has 114 valence electrons. The summed E-state index contributed by atoms with van der Waals surface area (Å²) in [5.74, 6) is -0.0341. The lowest BCUT2D eigenvalue weighted by atomic mass is 9.77. The van der Waals surface area contributed by atoms with E-state index in [1.165, 1.54) is 7.11 Å². The average molecular weight is 290 g/mol. The highest BCUT2D eigenvalue weighted by molar-refractivity contribution is 5.81. The van der Waals surface area contributed by atoms with Crippen molar-refractivity contribution in [1.29, 1.82) is 0 Å². The first kappa shape index (κ1) is 15.7. The summed E-state index contributed by atoms with van der Waals surface area (Å²) in [7, 11) is 1.37. The Morgan fingerprint density at radius 2 is 1.95 bits per heavy atom. The second-order valence-corrected chi connectivity index (χ2v) is 5.73. The van der Waals surface area contributed by atoms with E-state index in [4.69, 9.17) is 9.47 Å². The number of methoxy groups -OCH3 is 1. The number of carbonyl (C=O) groups is 2. The molecule has 0 saturated heterocycles. The van der Waals surface area contributed by atoms with Crippen LogP contribution >= 0.6 is 0 Å². The second kappa shape index (κ2) is 7.36. The maximum absolute atomic E-state index is 11.8. The van der Waals surface area contributed by atoms with E-state index in [9.17, 15) is 9.59 Å². The zero-order chi connectivity index (χ0) is 15.2. The molecule has 0 aliphatic heterocycles. The first-order valence-corrected chi connectivity index (χ1v) is 7.34. The van der Waals surface area contributed by atoms with Crippen LogP contribution in [0.2, 0.25) is 0 Å². The minimum Gasteiger partial charge on any atom is -0.469 e. The summed E-state index contributed by atoms with van der Waals surface area (Å²) in [6.07, 6.45) is 1.09. The van der Waals surface area contributed by atoms with E-state index in [1.807, 2.05) is 37.3 Å². The standard InChI is InChI=1S/C17H22O4/c1-12-8-15(18)9-14(10-16(19)20-2)17(12)21-11-13-6-4-3-5-7-13/h3-7,12,14,17H,8-11H2,1-2H3/t12-,14+,17+/m0/s1. The van der Waals surface area contributed by atoms with E-state index < -0.39 is 0 Å². The SMILES string of the molecule is COC(=O)C[C@H]1CC(=O)C[C@H](C)[C@H]1OCc1ccccc1. The highest BCUT2D eigenvalue weighted by atomic mass is 16.5. The highest BCUT2D eigenvalue weighted by Crippen LogP contribution is 2.32. The van der Waals surface area contributed by atoms with Gasteiger partial charge in [0.1, 0.15) is 5.78 Å². The molecule has 0 N–H and O–H groups in total. The summed E-state index contributed by atoms with van der Waals surface area (Å²) < 4.78 is 10.8. The van der Waals surface area contributed by atoms with E-state index in [2.05, 4.69) is 0 Å². The lowest BCUT2D eigenvalue weighted by molar-refractivity contribution is -0.146. The van der Waals surface area contributed by atoms with Crippen LogP contribution in [0.3, 0.4) is 0 Å². The van der Waals surface area contributed by atoms with Crippen molar-refractivity contribution in [1.82, 2.24) is 0 Å². The lowest BCUT2D eigenvalue weighted by Gasteiger charge is -2.35. The van der Waals surface area contributed by atoms with Crippen molar-refractivity contribution in [2.45, 2.75) is 38.9 Å². The molecule has 0 heterocycles. The van der Waals surface area contributed by atoms with Crippen molar-refractivity contribution in [3.05, 3.63) is 35.9 Å². The Morgan fingerprint density at radius 3 is 2.62 bits per heavy atom. The van der Waals surface area contributed by atoms with Gasteiger partial charge in [-0.1, -0.05) is 37.3 Å². The number of rotatable bonds is 5. The Bertz CT molecular complexity index is 483. The summed E-state index contributed by atoms with van der Waals surface area (Å²) in [5.41, 5.74) is 1.10. The van der Waals surface area contributed by atoms with Crippen LogP contribution < -0.4 is 0 Å². The predicted octanol–water partition coefficient (Wildman–Crippen LogP) is 2.75. The van der Waals surface area contributed by atoms with Crippen molar-refractivity contribution >= 4 is 11.8 Å². The summed E-state index contributed by atoms with van der Waals surface area (Å²) >= 11 is 0. The van der Waals surface area contributed by atoms with Crippen LogP contribution in [-0.2, 0) is 25.7 Å². The third kappa shape index (κ3) is 4.39. The molecule has 0 radical (unpaired) electrons. The number of carbonyl (C=O) groups excluding carboxylic acids is 2. The number of hydrogen-bond acceptors (Lipinski definition) is 4. The van der Waals surface area contributed by atoms with Crippen LogP contribution in [0.1, 0.15) is 31.7 Å². The molecule has 1 saturated carbocycles. The molecule has 2 rings (SSSR count). The van der Waals surface area contributed by atoms with E-state index >= 15 is 0 Å². The van der Waals surface area contributed by atoms with Gasteiger partial charge < -0.3 is 9.47 Å². The van der Waals surface area contributed by atoms with Crippen LogP contribution in [0.25, 0.3) is 0 Å². The lowest BCUT2D eigenvalue weighted by Crippen LogP contribution is -2.39. The maximum atomic E-state index is 11.8. The van der Waals surface area contributed by atoms with Gasteiger partial charge in [0.15, 0.2) is 0 Å². The molecule has 4 heteroatoms. The fourth-order valence-electron chi connectivity index (χ4n) is 2.98. The number of ketones is 1. The number of ether oxygens (including phenoxy) is 2. The molecule has 0 amide bonds. The van der Waals surface area contributed by atoms with Crippen molar-refractivity contribution in [3.8, 4) is 0 Å². The zero-order valence-corrected chi connectivity index (χ0v) is 12.6. The first-order valence-electron chi connectivity index (χ1n) is 7.34. The van der Waals surface area contributed by atoms with Gasteiger partial charge in [-0.25, -0.2) is 0 Å². The number of Topliss-reactive ketones (excluding diaryl/α,β-unsaturated/α-hetero) is 1. The van der Waals surface area contributed by atoms with E-state index in [1.54, 1.807) is 0 Å². The Hall–Kier alpha value is -1.68. The summed E-state index contributed by atoms with van der Waals surface area (Å²) in [6, 6.07) is 9.92. The van der Waals surface area contributed by atoms with Crippen molar-refractivity contribution in [3.63, 3.8) is 0 Å². The summed E-state index contributed by atoms with van der Waals surface area (Å²) in [5, 5.41) is 0. The highest BCUT2D eigenvalue weighted by Gasteiger charge is 2.36. The van der Waals surface area contributed by atoms with Crippen molar-refractivity contribution in [2.75, 3.05) is 7.11 Å². The third-order valence-electron chi connectivity index (χ3n) is 4.01. The molecule has 1 aromatic rings. The van der Waals surface area contributed by atoms with Gasteiger partial charge in [0.05, 0.1) is 26.2 Å². The molecule has 1 aliphatic carbocycles. The van der Waals surface area contributed by atoms with Gasteiger partial charge in [0.2, 0.25) is 0 Å². The normalized spacial score (nSPS) is 25.6. The van der Waals surface area contributed by atoms with Crippen LogP contribution in [0.5, 0.6) is 0 Å². The van der Waals surface area contributed by atoms with E-state index in [-0.39, 0.29) is 36.1 Å². The van der Waals surface area contributed by atoms with Crippen molar-refractivity contribution < 1.29 is 19.1 Å². The average Bonchev–Trinajstić information content (AvgIpc) is 2.47. The molecule has 0 unspecified atom stereocenters. The van der Waals surface area contributed by atoms with Gasteiger partial charge in [-0.15, -0.1) is 0 Å². The third-order valence-corrected chi connectivity index (χ3v) is 4.01. The fourth-order valence-corrected chi connectivity index (χ4v) is 2.98. The van der Waals surface area contributed by atoms with Crippen LogP contribution in [0.15, 0.2) is 30.3 Å². The topological polar surface area (TPSA) is 52.6 Å². The molecule has 0 bridgehead atoms. The predicted molar refractivity (Wildman–Crippen MR) is 78.5 cm³/mol. The molecular formula is C17H22O4. The zero-order valence-electron chi connectivity index (χ0n) is 12.6. The second-order valence-electron chi connectivity index (χ2n) is 5.73. The van der Waals surface area contributed by atoms with Gasteiger partial charge >= 0.3 is 5.97 Å². The van der Waals surface area contributed by atoms with Crippen LogP contribution in [0.4, 0.5) is 0 Å². The maximum Gasteiger partial charge on any atom is 0.305 e. The number of hydrogen-bond donors (Lipinski definition) is 0. The minimum absolute atomic E-state index is 0.0815. The molecule has 0 aromatic heterocycles. The van der Waals surface area contributed by atoms with Crippen LogP contribution in [0, 0.1) is 11.8 Å². The largest absolute Gasteiger partial charge is 0.469 e. The molecule has 1 aliphatic rings. The molecule has 1 fully saturated rings. The van der Waals surface area contributed by atoms with Gasteiger partial charge in [-0.05, 0) is 11.5 Å². The Labute approximate surface area is 125 Å². The van der Waals surface area contributed by atoms with E-state index in [0.29, 0.717) is 19.4 Å².